The fraction of sp³-hybridized carbons (Fsp3) is 0.154. The van der Waals surface area contributed by atoms with Crippen molar-refractivity contribution in [2.24, 2.45) is 0 Å². The largest absolute Gasteiger partial charge is 0.376 e. The van der Waals surface area contributed by atoms with Gasteiger partial charge in [0.05, 0.1) is 11.7 Å². The molecule has 1 aromatic heterocycles. The molecule has 1 aromatic carbocycles. The number of anilines is 1. The molecule has 3 rings (SSSR count). The van der Waals surface area contributed by atoms with Crippen molar-refractivity contribution in [3.05, 3.63) is 57.8 Å². The van der Waals surface area contributed by atoms with E-state index in [9.17, 15) is 0 Å². The molecule has 0 fully saturated rings. The van der Waals surface area contributed by atoms with Gasteiger partial charge in [-0.1, -0.05) is 29.3 Å². The zero-order valence-electron chi connectivity index (χ0n) is 8.95. The zero-order valence-corrected chi connectivity index (χ0v) is 10.5. The maximum atomic E-state index is 6.18. The molecule has 1 aliphatic heterocycles. The lowest BCUT2D eigenvalue weighted by atomic mass is 10.1. The highest BCUT2D eigenvalue weighted by atomic mass is 35.5. The second kappa shape index (κ2) is 4.21. The average molecular weight is 265 g/mol. The van der Waals surface area contributed by atoms with E-state index in [-0.39, 0.29) is 6.04 Å². The molecule has 2 aromatic rings. The molecule has 2 nitrogen and oxygen atoms in total. The topological polar surface area (TPSA) is 24.9 Å². The third kappa shape index (κ3) is 1.99. The van der Waals surface area contributed by atoms with Crippen molar-refractivity contribution in [2.75, 3.05) is 5.32 Å². The third-order valence-electron chi connectivity index (χ3n) is 2.94. The van der Waals surface area contributed by atoms with Crippen LogP contribution in [0.25, 0.3) is 0 Å². The number of nitrogens with zero attached hydrogens (tertiary/aromatic N) is 1. The summed E-state index contributed by atoms with van der Waals surface area (Å²) in [4.78, 5) is 4.36. The molecule has 86 valence electrons. The SMILES string of the molecule is Clc1cc(Cl)c2c(c1)NC(c1ccccn1)C2. The highest BCUT2D eigenvalue weighted by Crippen LogP contribution is 2.39. The van der Waals surface area contributed by atoms with E-state index in [1.165, 1.54) is 0 Å². The molecule has 0 radical (unpaired) electrons. The first kappa shape index (κ1) is 10.9. The third-order valence-corrected chi connectivity index (χ3v) is 3.50. The van der Waals surface area contributed by atoms with Crippen molar-refractivity contribution >= 4 is 28.9 Å². The fourth-order valence-corrected chi connectivity index (χ4v) is 2.71. The Morgan fingerprint density at radius 2 is 2.12 bits per heavy atom. The van der Waals surface area contributed by atoms with Gasteiger partial charge in [0.1, 0.15) is 0 Å². The minimum absolute atomic E-state index is 0.183. The first-order valence-corrected chi connectivity index (χ1v) is 6.15. The lowest BCUT2D eigenvalue weighted by Gasteiger charge is -2.09. The van der Waals surface area contributed by atoms with Gasteiger partial charge >= 0.3 is 0 Å². The molecule has 4 heteroatoms. The minimum Gasteiger partial charge on any atom is -0.376 e. The average Bonchev–Trinajstić information content (AvgIpc) is 2.74. The van der Waals surface area contributed by atoms with Crippen LogP contribution in [0.3, 0.4) is 0 Å². The molecule has 0 aliphatic carbocycles. The molecule has 0 spiro atoms. The predicted molar refractivity (Wildman–Crippen MR) is 70.8 cm³/mol. The van der Waals surface area contributed by atoms with Gasteiger partial charge < -0.3 is 5.32 Å². The number of rotatable bonds is 1. The summed E-state index contributed by atoms with van der Waals surface area (Å²) in [5.41, 5.74) is 3.15. The molecule has 0 bridgehead atoms. The van der Waals surface area contributed by atoms with Crippen molar-refractivity contribution in [3.63, 3.8) is 0 Å². The summed E-state index contributed by atoms with van der Waals surface area (Å²) in [6.45, 7) is 0. The van der Waals surface area contributed by atoms with E-state index in [4.69, 9.17) is 23.2 Å². The second-order valence-corrected chi connectivity index (χ2v) is 4.91. The van der Waals surface area contributed by atoms with E-state index >= 15 is 0 Å². The van der Waals surface area contributed by atoms with E-state index < -0.39 is 0 Å². The molecular weight excluding hydrogens is 255 g/mol. The number of aromatic nitrogens is 1. The van der Waals surface area contributed by atoms with Crippen molar-refractivity contribution in [2.45, 2.75) is 12.5 Å². The molecular formula is C13H10Cl2N2. The van der Waals surface area contributed by atoms with Crippen LogP contribution in [0.2, 0.25) is 10.0 Å². The van der Waals surface area contributed by atoms with Gasteiger partial charge in [-0.3, -0.25) is 4.98 Å². The molecule has 1 atom stereocenters. The Morgan fingerprint density at radius 1 is 1.24 bits per heavy atom. The number of nitrogens with one attached hydrogen (secondary N) is 1. The van der Waals surface area contributed by atoms with Crippen LogP contribution in [0, 0.1) is 0 Å². The normalized spacial score (nSPS) is 17.6. The lowest BCUT2D eigenvalue weighted by molar-refractivity contribution is 0.788. The highest BCUT2D eigenvalue weighted by Gasteiger charge is 2.25. The molecule has 0 saturated carbocycles. The Balaban J connectivity index is 1.96. The Labute approximate surface area is 110 Å². The summed E-state index contributed by atoms with van der Waals surface area (Å²) in [6.07, 6.45) is 2.65. The number of hydrogen-bond acceptors (Lipinski definition) is 2. The van der Waals surface area contributed by atoms with Crippen LogP contribution in [-0.2, 0) is 6.42 Å². The van der Waals surface area contributed by atoms with Crippen LogP contribution < -0.4 is 5.32 Å². The summed E-state index contributed by atoms with van der Waals surface area (Å²) >= 11 is 12.2. The van der Waals surface area contributed by atoms with Gasteiger partial charge in [0.15, 0.2) is 0 Å². The van der Waals surface area contributed by atoms with Crippen molar-refractivity contribution < 1.29 is 0 Å². The number of benzene rings is 1. The molecule has 0 saturated heterocycles. The van der Waals surface area contributed by atoms with Crippen molar-refractivity contribution in [3.8, 4) is 0 Å². The summed E-state index contributed by atoms with van der Waals surface area (Å²) in [5, 5.41) is 4.78. The van der Waals surface area contributed by atoms with Crippen molar-refractivity contribution in [1.82, 2.24) is 4.98 Å². The number of pyridine rings is 1. The Hall–Kier alpha value is -1.25. The molecule has 1 N–H and O–H groups in total. The van der Waals surface area contributed by atoms with Crippen LogP contribution in [0.4, 0.5) is 5.69 Å². The Morgan fingerprint density at radius 3 is 2.88 bits per heavy atom. The number of hydrogen-bond donors (Lipinski definition) is 1. The maximum absolute atomic E-state index is 6.18. The van der Waals surface area contributed by atoms with Gasteiger partial charge in [-0.15, -0.1) is 0 Å². The van der Waals surface area contributed by atoms with Gasteiger partial charge in [-0.2, -0.15) is 0 Å². The Bertz CT molecular complexity index is 555. The lowest BCUT2D eigenvalue weighted by Crippen LogP contribution is -2.07. The van der Waals surface area contributed by atoms with Gasteiger partial charge in [0, 0.05) is 28.4 Å². The van der Waals surface area contributed by atoms with Crippen molar-refractivity contribution in [1.29, 1.82) is 0 Å². The first-order chi connectivity index (χ1) is 8.24. The minimum atomic E-state index is 0.183. The molecule has 2 heterocycles. The predicted octanol–water partition coefficient (Wildman–Crippen LogP) is 4.10. The molecule has 1 unspecified atom stereocenters. The zero-order chi connectivity index (χ0) is 11.8. The monoisotopic (exact) mass is 264 g/mol. The van der Waals surface area contributed by atoms with Gasteiger partial charge in [0.2, 0.25) is 0 Å². The molecule has 1 aliphatic rings. The highest BCUT2D eigenvalue weighted by molar-refractivity contribution is 6.35. The summed E-state index contributed by atoms with van der Waals surface area (Å²) in [5.74, 6) is 0. The van der Waals surface area contributed by atoms with E-state index in [0.29, 0.717) is 5.02 Å². The van der Waals surface area contributed by atoms with Gasteiger partial charge in [-0.25, -0.2) is 0 Å². The van der Waals surface area contributed by atoms with Crippen LogP contribution in [0.5, 0.6) is 0 Å². The molecule has 17 heavy (non-hydrogen) atoms. The first-order valence-electron chi connectivity index (χ1n) is 5.39. The van der Waals surface area contributed by atoms with Crippen LogP contribution in [-0.4, -0.2) is 4.98 Å². The Kier molecular flexibility index (Phi) is 2.69. The summed E-state index contributed by atoms with van der Waals surface area (Å²) in [7, 11) is 0. The van der Waals surface area contributed by atoms with E-state index in [0.717, 1.165) is 28.4 Å². The maximum Gasteiger partial charge on any atom is 0.0726 e. The van der Waals surface area contributed by atoms with E-state index in [2.05, 4.69) is 10.3 Å². The van der Waals surface area contributed by atoms with E-state index in [1.807, 2.05) is 24.3 Å². The summed E-state index contributed by atoms with van der Waals surface area (Å²) in [6, 6.07) is 9.79. The van der Waals surface area contributed by atoms with Crippen LogP contribution in [0.1, 0.15) is 17.3 Å². The number of fused-ring (bicyclic) bond motifs is 1. The number of halogens is 2. The standard InChI is InChI=1S/C13H10Cl2N2/c14-8-5-10(15)9-7-13(17-12(9)6-8)11-3-1-2-4-16-11/h1-6,13,17H,7H2. The molecule has 0 amide bonds. The second-order valence-electron chi connectivity index (χ2n) is 4.07. The summed E-state index contributed by atoms with van der Waals surface area (Å²) < 4.78 is 0. The van der Waals surface area contributed by atoms with Crippen LogP contribution in [0.15, 0.2) is 36.5 Å². The van der Waals surface area contributed by atoms with Gasteiger partial charge in [-0.05, 0) is 29.8 Å². The van der Waals surface area contributed by atoms with Crippen LogP contribution >= 0.6 is 23.2 Å². The quantitative estimate of drug-likeness (QED) is 0.839. The van der Waals surface area contributed by atoms with Gasteiger partial charge in [0.25, 0.3) is 0 Å². The van der Waals surface area contributed by atoms with E-state index in [1.54, 1.807) is 12.3 Å². The smallest absolute Gasteiger partial charge is 0.0726 e. The fourth-order valence-electron chi connectivity index (χ4n) is 2.14.